The average Bonchev–Trinajstić information content (AvgIpc) is 2.36. The van der Waals surface area contributed by atoms with E-state index in [-0.39, 0.29) is 5.75 Å². The first kappa shape index (κ1) is 12.6. The number of benzene rings is 1. The number of hydrogen-bond acceptors (Lipinski definition) is 4. The van der Waals surface area contributed by atoms with Crippen LogP contribution in [0.3, 0.4) is 0 Å². The van der Waals surface area contributed by atoms with E-state index < -0.39 is 5.56 Å². The van der Waals surface area contributed by atoms with Crippen molar-refractivity contribution in [1.29, 1.82) is 0 Å². The Kier molecular flexibility index (Phi) is 3.62. The van der Waals surface area contributed by atoms with Crippen LogP contribution in [0.15, 0.2) is 41.3 Å². The Morgan fingerprint density at radius 3 is 2.72 bits per heavy atom. The Morgan fingerprint density at radius 1 is 1.28 bits per heavy atom. The van der Waals surface area contributed by atoms with Crippen molar-refractivity contribution in [2.75, 3.05) is 11.0 Å². The van der Waals surface area contributed by atoms with Gasteiger partial charge in [-0.3, -0.25) is 4.79 Å². The zero-order valence-electron chi connectivity index (χ0n) is 10.2. The molecule has 0 aliphatic rings. The Labute approximate surface area is 109 Å². The summed E-state index contributed by atoms with van der Waals surface area (Å²) in [5.74, 6) is -0.238. The fraction of sp³-hybridized carbons (Fsp3) is 0.154. The monoisotopic (exact) mass is 262 g/mol. The maximum atomic E-state index is 11.4. The van der Waals surface area contributed by atoms with Crippen molar-refractivity contribution in [2.45, 2.75) is 0 Å². The molecule has 0 atom stereocenters. The van der Waals surface area contributed by atoms with E-state index in [1.54, 1.807) is 13.2 Å². The number of nitrogens with one attached hydrogen (secondary N) is 1. The zero-order valence-corrected chi connectivity index (χ0v) is 11.0. The van der Waals surface area contributed by atoms with Crippen LogP contribution in [-0.2, 0) is 7.05 Å². The number of hydrogen-bond donors (Lipinski definition) is 2. The molecule has 2 N–H and O–H groups in total. The Balaban J connectivity index is 2.48. The van der Waals surface area contributed by atoms with Gasteiger partial charge in [0, 0.05) is 30.8 Å². The van der Waals surface area contributed by atoms with Crippen LogP contribution in [0, 0.1) is 0 Å². The predicted octanol–water partition coefficient (Wildman–Crippen LogP) is 2.45. The fourth-order valence-electron chi connectivity index (χ4n) is 1.73. The van der Waals surface area contributed by atoms with Gasteiger partial charge in [-0.1, -0.05) is 24.1 Å². The van der Waals surface area contributed by atoms with Gasteiger partial charge in [0.15, 0.2) is 5.75 Å². The summed E-state index contributed by atoms with van der Waals surface area (Å²) in [5, 5.41) is 9.56. The molecule has 0 spiro atoms. The van der Waals surface area contributed by atoms with E-state index in [2.05, 4.69) is 4.72 Å². The van der Waals surface area contributed by atoms with Crippen molar-refractivity contribution < 1.29 is 5.11 Å². The van der Waals surface area contributed by atoms with E-state index in [1.165, 1.54) is 22.6 Å². The first-order chi connectivity index (χ1) is 8.61. The van der Waals surface area contributed by atoms with E-state index >= 15 is 0 Å². The van der Waals surface area contributed by atoms with E-state index in [4.69, 9.17) is 0 Å². The van der Waals surface area contributed by atoms with E-state index in [1.807, 2.05) is 30.5 Å². The van der Waals surface area contributed by atoms with Gasteiger partial charge in [0.05, 0.1) is 0 Å². The maximum Gasteiger partial charge on any atom is 0.292 e. The van der Waals surface area contributed by atoms with Crippen LogP contribution in [0.5, 0.6) is 5.75 Å². The SMILES string of the molecule is CSNc1cccc(-c2cc(O)c(=O)n(C)c2)c1. The minimum Gasteiger partial charge on any atom is -0.503 e. The molecule has 1 heterocycles. The lowest BCUT2D eigenvalue weighted by Crippen LogP contribution is -2.15. The van der Waals surface area contributed by atoms with Gasteiger partial charge >= 0.3 is 0 Å². The molecule has 0 radical (unpaired) electrons. The smallest absolute Gasteiger partial charge is 0.292 e. The van der Waals surface area contributed by atoms with Gasteiger partial charge in [0.2, 0.25) is 0 Å². The minimum atomic E-state index is -0.392. The second-order valence-electron chi connectivity index (χ2n) is 3.92. The quantitative estimate of drug-likeness (QED) is 0.834. The van der Waals surface area contributed by atoms with Gasteiger partial charge in [0.1, 0.15) is 0 Å². The van der Waals surface area contributed by atoms with Gasteiger partial charge in [-0.2, -0.15) is 0 Å². The molecular weight excluding hydrogens is 248 g/mol. The van der Waals surface area contributed by atoms with Crippen LogP contribution in [0.1, 0.15) is 0 Å². The molecule has 5 heteroatoms. The molecule has 1 aromatic heterocycles. The number of aromatic hydroxyl groups is 1. The van der Waals surface area contributed by atoms with E-state index in [0.29, 0.717) is 0 Å². The summed E-state index contributed by atoms with van der Waals surface area (Å²) in [5.41, 5.74) is 2.34. The summed E-state index contributed by atoms with van der Waals surface area (Å²) in [4.78, 5) is 11.4. The molecule has 0 unspecified atom stereocenters. The zero-order chi connectivity index (χ0) is 13.1. The van der Waals surface area contributed by atoms with Crippen molar-refractivity contribution in [1.82, 2.24) is 4.57 Å². The lowest BCUT2D eigenvalue weighted by atomic mass is 10.1. The number of aryl methyl sites for hydroxylation is 1. The summed E-state index contributed by atoms with van der Waals surface area (Å²) in [6.07, 6.45) is 3.66. The third-order valence-corrected chi connectivity index (χ3v) is 3.02. The molecule has 0 saturated heterocycles. The van der Waals surface area contributed by atoms with Crippen molar-refractivity contribution in [2.24, 2.45) is 7.05 Å². The predicted molar refractivity (Wildman–Crippen MR) is 75.9 cm³/mol. The van der Waals surface area contributed by atoms with Crippen LogP contribution in [-0.4, -0.2) is 15.9 Å². The summed E-state index contributed by atoms with van der Waals surface area (Å²) >= 11 is 1.51. The topological polar surface area (TPSA) is 54.3 Å². The molecule has 1 aromatic carbocycles. The second-order valence-corrected chi connectivity index (χ2v) is 4.53. The first-order valence-electron chi connectivity index (χ1n) is 5.41. The second kappa shape index (κ2) is 5.18. The summed E-state index contributed by atoms with van der Waals surface area (Å²) in [6.45, 7) is 0. The van der Waals surface area contributed by atoms with Crippen LogP contribution in [0.25, 0.3) is 11.1 Å². The minimum absolute atomic E-state index is 0.238. The summed E-state index contributed by atoms with van der Waals surface area (Å²) < 4.78 is 4.52. The molecule has 18 heavy (non-hydrogen) atoms. The van der Waals surface area contributed by atoms with Crippen LogP contribution in [0.4, 0.5) is 5.69 Å². The van der Waals surface area contributed by atoms with Crippen molar-refractivity contribution in [3.63, 3.8) is 0 Å². The van der Waals surface area contributed by atoms with E-state index in [0.717, 1.165) is 16.8 Å². The Hall–Kier alpha value is -1.88. The molecule has 0 saturated carbocycles. The largest absolute Gasteiger partial charge is 0.503 e. The number of rotatable bonds is 3. The highest BCUT2D eigenvalue weighted by atomic mass is 32.2. The molecule has 0 bridgehead atoms. The summed E-state index contributed by atoms with van der Waals surface area (Å²) in [6, 6.07) is 9.28. The van der Waals surface area contributed by atoms with Gasteiger partial charge in [-0.05, 0) is 23.8 Å². The third kappa shape index (κ3) is 2.51. The standard InChI is InChI=1S/C13H14N2O2S/c1-15-8-10(7-12(16)13(15)17)9-4-3-5-11(6-9)14-18-2/h3-8,14,16H,1-2H3. The molecular formula is C13H14N2O2S. The van der Waals surface area contributed by atoms with Crippen LogP contribution >= 0.6 is 11.9 Å². The van der Waals surface area contributed by atoms with Gasteiger partial charge < -0.3 is 14.4 Å². The highest BCUT2D eigenvalue weighted by molar-refractivity contribution is 7.99. The lowest BCUT2D eigenvalue weighted by molar-refractivity contribution is 0.461. The molecule has 2 aromatic rings. The van der Waals surface area contributed by atoms with Crippen LogP contribution < -0.4 is 10.3 Å². The normalized spacial score (nSPS) is 10.3. The van der Waals surface area contributed by atoms with Crippen LogP contribution in [0.2, 0.25) is 0 Å². The Bertz CT molecular complexity index is 596. The first-order valence-corrected chi connectivity index (χ1v) is 6.63. The molecule has 2 rings (SSSR count). The third-order valence-electron chi connectivity index (χ3n) is 2.58. The van der Waals surface area contributed by atoms with Crippen molar-refractivity contribution in [3.05, 3.63) is 46.9 Å². The molecule has 4 nitrogen and oxygen atoms in total. The maximum absolute atomic E-state index is 11.4. The highest BCUT2D eigenvalue weighted by Gasteiger charge is 2.05. The Morgan fingerprint density at radius 2 is 2.06 bits per heavy atom. The number of nitrogens with zero attached hydrogens (tertiary/aromatic N) is 1. The van der Waals surface area contributed by atoms with E-state index in [9.17, 15) is 9.90 Å². The average molecular weight is 262 g/mol. The molecule has 0 aliphatic heterocycles. The lowest BCUT2D eigenvalue weighted by Gasteiger charge is -2.08. The fourth-order valence-corrected chi connectivity index (χ4v) is 2.09. The molecule has 0 amide bonds. The highest BCUT2D eigenvalue weighted by Crippen LogP contribution is 2.24. The summed E-state index contributed by atoms with van der Waals surface area (Å²) in [7, 11) is 1.62. The van der Waals surface area contributed by atoms with Crippen molar-refractivity contribution in [3.8, 4) is 16.9 Å². The van der Waals surface area contributed by atoms with Gasteiger partial charge in [0.25, 0.3) is 5.56 Å². The number of aromatic nitrogens is 1. The van der Waals surface area contributed by atoms with Gasteiger partial charge in [-0.15, -0.1) is 0 Å². The number of anilines is 1. The van der Waals surface area contributed by atoms with Crippen molar-refractivity contribution >= 4 is 17.6 Å². The molecule has 0 fully saturated rings. The number of pyridine rings is 1. The molecule has 0 aliphatic carbocycles. The molecule has 94 valence electrons. The van der Waals surface area contributed by atoms with Gasteiger partial charge in [-0.25, -0.2) is 0 Å².